The summed E-state index contributed by atoms with van der Waals surface area (Å²) in [5, 5.41) is 3.27. The molecule has 1 unspecified atom stereocenters. The number of hydrogen-bond donors (Lipinski definition) is 1. The molecule has 1 fully saturated rings. The zero-order chi connectivity index (χ0) is 14.6. The van der Waals surface area contributed by atoms with Crippen LogP contribution in [0.25, 0.3) is 0 Å². The fraction of sp³-hybridized carbons (Fsp3) is 0.933. The number of carbonyl (C=O) groups is 1. The first-order chi connectivity index (χ1) is 8.87. The second-order valence-electron chi connectivity index (χ2n) is 6.40. The lowest BCUT2D eigenvalue weighted by Gasteiger charge is -2.39. The van der Waals surface area contributed by atoms with Crippen LogP contribution >= 0.6 is 0 Å². The van der Waals surface area contributed by atoms with Crippen LogP contribution in [-0.2, 0) is 9.53 Å². The summed E-state index contributed by atoms with van der Waals surface area (Å²) < 4.78 is 5.07. The zero-order valence-corrected chi connectivity index (χ0v) is 13.3. The van der Waals surface area contributed by atoms with Crippen LogP contribution in [-0.4, -0.2) is 49.7 Å². The van der Waals surface area contributed by atoms with E-state index in [1.807, 2.05) is 7.05 Å². The minimum atomic E-state index is -0.534. The summed E-state index contributed by atoms with van der Waals surface area (Å²) in [5.74, 6) is 0.888. The van der Waals surface area contributed by atoms with Crippen molar-refractivity contribution in [2.75, 3.05) is 27.2 Å². The Bertz CT molecular complexity index is 301. The number of ether oxygens (including phenoxy) is 1. The average molecular weight is 270 g/mol. The molecule has 4 nitrogen and oxygen atoms in total. The summed E-state index contributed by atoms with van der Waals surface area (Å²) in [6.07, 6.45) is 2.23. The maximum Gasteiger partial charge on any atom is 0.327 e. The topological polar surface area (TPSA) is 41.6 Å². The Hall–Kier alpha value is -0.610. The molecule has 0 aromatic heterocycles. The van der Waals surface area contributed by atoms with E-state index in [2.05, 4.69) is 37.9 Å². The number of likely N-dealkylation sites (N-methyl/N-ethyl adjacent to an activating group) is 1. The van der Waals surface area contributed by atoms with Gasteiger partial charge in [0.2, 0.25) is 0 Å². The predicted molar refractivity (Wildman–Crippen MR) is 78.1 cm³/mol. The van der Waals surface area contributed by atoms with E-state index < -0.39 is 5.54 Å². The first kappa shape index (κ1) is 16.4. The summed E-state index contributed by atoms with van der Waals surface area (Å²) in [5.41, 5.74) is -0.534. The lowest BCUT2D eigenvalue weighted by atomic mass is 9.91. The number of rotatable bonds is 8. The van der Waals surface area contributed by atoms with Crippen molar-refractivity contribution >= 4 is 5.97 Å². The van der Waals surface area contributed by atoms with Gasteiger partial charge >= 0.3 is 5.97 Å². The minimum Gasteiger partial charge on any atom is -0.468 e. The molecule has 0 radical (unpaired) electrons. The molecule has 1 aliphatic rings. The van der Waals surface area contributed by atoms with Gasteiger partial charge in [-0.15, -0.1) is 0 Å². The summed E-state index contributed by atoms with van der Waals surface area (Å²) in [4.78, 5) is 14.7. The van der Waals surface area contributed by atoms with Crippen molar-refractivity contribution in [1.82, 2.24) is 10.2 Å². The summed E-state index contributed by atoms with van der Waals surface area (Å²) in [7, 11) is 3.36. The van der Waals surface area contributed by atoms with Crippen LogP contribution in [0.5, 0.6) is 0 Å². The van der Waals surface area contributed by atoms with Crippen molar-refractivity contribution in [2.45, 2.75) is 52.1 Å². The van der Waals surface area contributed by atoms with Crippen LogP contribution in [0.4, 0.5) is 0 Å². The van der Waals surface area contributed by atoms with Gasteiger partial charge < -0.3 is 10.1 Å². The van der Waals surface area contributed by atoms with E-state index in [1.54, 1.807) is 0 Å². The molecule has 19 heavy (non-hydrogen) atoms. The molecular formula is C15H30N2O2. The molecule has 0 bridgehead atoms. The van der Waals surface area contributed by atoms with Crippen LogP contribution in [0.2, 0.25) is 0 Å². The monoisotopic (exact) mass is 270 g/mol. The van der Waals surface area contributed by atoms with Gasteiger partial charge in [0.05, 0.1) is 7.11 Å². The maximum atomic E-state index is 12.3. The van der Waals surface area contributed by atoms with E-state index in [1.165, 1.54) is 7.11 Å². The van der Waals surface area contributed by atoms with Gasteiger partial charge in [0, 0.05) is 19.1 Å². The van der Waals surface area contributed by atoms with Crippen molar-refractivity contribution in [3.05, 3.63) is 0 Å². The highest BCUT2D eigenvalue weighted by molar-refractivity contribution is 5.82. The molecule has 0 aromatic rings. The molecule has 0 aromatic carbocycles. The predicted octanol–water partition coefficient (Wildman–Crippen LogP) is 1.89. The number of carbonyl (C=O) groups excluding carboxylic acids is 1. The first-order valence-electron chi connectivity index (χ1n) is 7.38. The minimum absolute atomic E-state index is 0.119. The highest BCUT2D eigenvalue weighted by atomic mass is 16.5. The van der Waals surface area contributed by atoms with Crippen molar-refractivity contribution in [2.24, 2.45) is 11.8 Å². The molecule has 1 N–H and O–H groups in total. The molecule has 1 rings (SSSR count). The molecule has 0 heterocycles. The molecule has 4 heteroatoms. The molecule has 0 spiro atoms. The van der Waals surface area contributed by atoms with Crippen LogP contribution in [0.15, 0.2) is 0 Å². The van der Waals surface area contributed by atoms with Gasteiger partial charge in [-0.2, -0.15) is 0 Å². The average Bonchev–Trinajstić information content (AvgIpc) is 3.17. The van der Waals surface area contributed by atoms with Gasteiger partial charge in [-0.1, -0.05) is 13.8 Å². The SMILES string of the molecule is CNC(CN(CC(C)C)C(C)C)(C(=O)OC)C1CC1. The van der Waals surface area contributed by atoms with Gasteiger partial charge in [0.15, 0.2) is 0 Å². The molecule has 0 aliphatic heterocycles. The maximum absolute atomic E-state index is 12.3. The third-order valence-corrected chi connectivity index (χ3v) is 4.05. The highest BCUT2D eigenvalue weighted by Crippen LogP contribution is 2.41. The third-order valence-electron chi connectivity index (χ3n) is 4.05. The second kappa shape index (κ2) is 6.71. The third kappa shape index (κ3) is 3.93. The van der Waals surface area contributed by atoms with E-state index in [-0.39, 0.29) is 5.97 Å². The Kier molecular flexibility index (Phi) is 5.81. The molecule has 112 valence electrons. The second-order valence-corrected chi connectivity index (χ2v) is 6.40. The van der Waals surface area contributed by atoms with Crippen LogP contribution in [0, 0.1) is 11.8 Å². The van der Waals surface area contributed by atoms with E-state index in [0.29, 0.717) is 17.9 Å². The zero-order valence-electron chi connectivity index (χ0n) is 13.3. The van der Waals surface area contributed by atoms with Crippen LogP contribution in [0.3, 0.4) is 0 Å². The van der Waals surface area contributed by atoms with E-state index >= 15 is 0 Å². The van der Waals surface area contributed by atoms with Crippen LogP contribution in [0.1, 0.15) is 40.5 Å². The lowest BCUT2D eigenvalue weighted by Crippen LogP contribution is -2.61. The van der Waals surface area contributed by atoms with E-state index in [4.69, 9.17) is 4.74 Å². The fourth-order valence-electron chi connectivity index (χ4n) is 2.75. The molecular weight excluding hydrogens is 240 g/mol. The Balaban J connectivity index is 2.88. The summed E-state index contributed by atoms with van der Waals surface area (Å²) in [6.45, 7) is 10.5. The number of esters is 1. The molecule has 1 aliphatic carbocycles. The van der Waals surface area contributed by atoms with Gasteiger partial charge in [0.1, 0.15) is 5.54 Å². The molecule has 0 amide bonds. The van der Waals surface area contributed by atoms with Crippen LogP contribution < -0.4 is 5.32 Å². The van der Waals surface area contributed by atoms with Gasteiger partial charge in [0.25, 0.3) is 0 Å². The fourth-order valence-corrected chi connectivity index (χ4v) is 2.75. The van der Waals surface area contributed by atoms with Gasteiger partial charge in [-0.25, -0.2) is 4.79 Å². The smallest absolute Gasteiger partial charge is 0.327 e. The summed E-state index contributed by atoms with van der Waals surface area (Å²) >= 11 is 0. The molecule has 1 saturated carbocycles. The van der Waals surface area contributed by atoms with E-state index in [0.717, 1.165) is 25.9 Å². The Labute approximate surface area is 117 Å². The number of nitrogens with zero attached hydrogens (tertiary/aromatic N) is 1. The van der Waals surface area contributed by atoms with Crippen molar-refractivity contribution < 1.29 is 9.53 Å². The largest absolute Gasteiger partial charge is 0.468 e. The van der Waals surface area contributed by atoms with Gasteiger partial charge in [-0.05, 0) is 45.6 Å². The van der Waals surface area contributed by atoms with Crippen molar-refractivity contribution in [3.63, 3.8) is 0 Å². The standard InChI is InChI=1S/C15H30N2O2/c1-11(2)9-17(12(3)4)10-15(16-5,13-7-8-13)14(18)19-6/h11-13,16H,7-10H2,1-6H3. The van der Waals surface area contributed by atoms with Gasteiger partial charge in [-0.3, -0.25) is 4.90 Å². The first-order valence-corrected chi connectivity index (χ1v) is 7.38. The van der Waals surface area contributed by atoms with Crippen molar-refractivity contribution in [3.8, 4) is 0 Å². The Morgan fingerprint density at radius 3 is 2.26 bits per heavy atom. The normalized spacial score (nSPS) is 19.0. The summed E-state index contributed by atoms with van der Waals surface area (Å²) in [6, 6.07) is 0.429. The Morgan fingerprint density at radius 1 is 1.37 bits per heavy atom. The van der Waals surface area contributed by atoms with E-state index in [9.17, 15) is 4.79 Å². The number of nitrogens with one attached hydrogen (secondary N) is 1. The quantitative estimate of drug-likeness (QED) is 0.684. The highest BCUT2D eigenvalue weighted by Gasteiger charge is 2.51. The lowest BCUT2D eigenvalue weighted by molar-refractivity contribution is -0.150. The number of hydrogen-bond acceptors (Lipinski definition) is 4. The molecule has 1 atom stereocenters. The number of methoxy groups -OCH3 is 1. The molecule has 0 saturated heterocycles. The Morgan fingerprint density at radius 2 is 1.95 bits per heavy atom. The van der Waals surface area contributed by atoms with Crippen molar-refractivity contribution in [1.29, 1.82) is 0 Å².